The van der Waals surface area contributed by atoms with Crippen LogP contribution in [0.3, 0.4) is 0 Å². The van der Waals surface area contributed by atoms with E-state index in [9.17, 15) is 13.2 Å². The van der Waals surface area contributed by atoms with Gasteiger partial charge >= 0.3 is 6.18 Å². The van der Waals surface area contributed by atoms with Gasteiger partial charge in [-0.05, 0) is 13.3 Å². The fraction of sp³-hybridized carbons (Fsp3) is 0.538. The number of nitrogens with zero attached hydrogens (tertiary/aromatic N) is 4. The molecule has 1 N–H and O–H groups in total. The van der Waals surface area contributed by atoms with E-state index in [1.807, 2.05) is 13.8 Å². The molecule has 2 heterocycles. The van der Waals surface area contributed by atoms with Gasteiger partial charge < -0.3 is 14.6 Å². The predicted octanol–water partition coefficient (Wildman–Crippen LogP) is 2.94. The molecule has 0 radical (unpaired) electrons. The Bertz CT molecular complexity index is 593. The second-order valence-corrected chi connectivity index (χ2v) is 4.67. The van der Waals surface area contributed by atoms with Gasteiger partial charge in [0.05, 0.1) is 6.20 Å². The van der Waals surface area contributed by atoms with E-state index in [1.54, 1.807) is 23.0 Å². The Morgan fingerprint density at radius 1 is 1.33 bits per heavy atom. The summed E-state index contributed by atoms with van der Waals surface area (Å²) in [4.78, 5) is 9.64. The van der Waals surface area contributed by atoms with Crippen LogP contribution in [0.1, 0.15) is 20.3 Å². The molecule has 0 fully saturated rings. The van der Waals surface area contributed by atoms with Gasteiger partial charge in [0.25, 0.3) is 0 Å². The summed E-state index contributed by atoms with van der Waals surface area (Å²) in [5.74, 6) is 0.777. The van der Waals surface area contributed by atoms with Gasteiger partial charge in [-0.2, -0.15) is 13.2 Å². The number of imidazole rings is 1. The van der Waals surface area contributed by atoms with E-state index in [2.05, 4.69) is 15.3 Å². The van der Waals surface area contributed by atoms with Crippen molar-refractivity contribution in [3.05, 3.63) is 18.6 Å². The molecule has 0 bridgehead atoms. The summed E-state index contributed by atoms with van der Waals surface area (Å²) in [6, 6.07) is 0. The van der Waals surface area contributed by atoms with Crippen LogP contribution in [0.25, 0.3) is 5.65 Å². The maximum atomic E-state index is 12.8. The molecule has 0 aromatic carbocycles. The van der Waals surface area contributed by atoms with Gasteiger partial charge in [0.2, 0.25) is 0 Å². The Morgan fingerprint density at radius 2 is 2.10 bits per heavy atom. The normalized spacial score (nSPS) is 11.9. The van der Waals surface area contributed by atoms with Gasteiger partial charge in [-0.1, -0.05) is 6.92 Å². The van der Waals surface area contributed by atoms with Crippen LogP contribution >= 0.6 is 0 Å². The SMILES string of the molecule is CCCN(CC(F)(F)F)c1nc(NCC)cn2ccnc12. The standard InChI is InChI=1S/C13H18F3N5/c1-3-6-21(9-13(14,15)16)12-11-18-5-7-20(11)8-10(19-12)17-4-2/h5,7-8,17H,3-4,6,9H2,1-2H3. The minimum Gasteiger partial charge on any atom is -0.369 e. The number of aromatic nitrogens is 3. The molecule has 0 aliphatic rings. The number of rotatable bonds is 6. The third-order valence-corrected chi connectivity index (χ3v) is 2.88. The Morgan fingerprint density at radius 3 is 2.71 bits per heavy atom. The molecule has 2 aromatic heterocycles. The van der Waals surface area contributed by atoms with Gasteiger partial charge in [0, 0.05) is 25.5 Å². The number of nitrogens with one attached hydrogen (secondary N) is 1. The molecule has 0 aliphatic carbocycles. The number of hydrogen-bond acceptors (Lipinski definition) is 4. The van der Waals surface area contributed by atoms with Crippen molar-refractivity contribution in [2.24, 2.45) is 0 Å². The second-order valence-electron chi connectivity index (χ2n) is 4.67. The number of halogens is 3. The van der Waals surface area contributed by atoms with Crippen molar-refractivity contribution in [3.8, 4) is 0 Å². The molecule has 0 spiro atoms. The summed E-state index contributed by atoms with van der Waals surface area (Å²) < 4.78 is 40.0. The lowest BCUT2D eigenvalue weighted by Crippen LogP contribution is -2.36. The highest BCUT2D eigenvalue weighted by Crippen LogP contribution is 2.25. The molecule has 0 atom stereocenters. The highest BCUT2D eigenvalue weighted by atomic mass is 19.4. The summed E-state index contributed by atoms with van der Waals surface area (Å²) in [6.07, 6.45) is 1.27. The zero-order valence-corrected chi connectivity index (χ0v) is 12.0. The van der Waals surface area contributed by atoms with Gasteiger partial charge in [-0.25, -0.2) is 9.97 Å². The van der Waals surface area contributed by atoms with Gasteiger partial charge in [-0.3, -0.25) is 0 Å². The molecule has 2 aromatic rings. The minimum absolute atomic E-state index is 0.248. The first-order chi connectivity index (χ1) is 9.94. The molecule has 0 amide bonds. The Hall–Kier alpha value is -1.99. The topological polar surface area (TPSA) is 45.5 Å². The molecule has 0 saturated carbocycles. The van der Waals surface area contributed by atoms with E-state index in [1.165, 1.54) is 4.90 Å². The van der Waals surface area contributed by atoms with Crippen molar-refractivity contribution in [2.45, 2.75) is 26.4 Å². The third kappa shape index (κ3) is 3.77. The Balaban J connectivity index is 2.46. The molecule has 116 valence electrons. The maximum Gasteiger partial charge on any atom is 0.405 e. The lowest BCUT2D eigenvalue weighted by atomic mass is 10.3. The van der Waals surface area contributed by atoms with Crippen LogP contribution in [0.2, 0.25) is 0 Å². The van der Waals surface area contributed by atoms with Crippen molar-refractivity contribution in [1.82, 2.24) is 14.4 Å². The third-order valence-electron chi connectivity index (χ3n) is 2.88. The average Bonchev–Trinajstić information content (AvgIpc) is 2.84. The van der Waals surface area contributed by atoms with E-state index in [0.717, 1.165) is 0 Å². The van der Waals surface area contributed by atoms with Gasteiger partial charge in [0.1, 0.15) is 12.4 Å². The fourth-order valence-electron chi connectivity index (χ4n) is 2.14. The summed E-state index contributed by atoms with van der Waals surface area (Å²) >= 11 is 0. The summed E-state index contributed by atoms with van der Waals surface area (Å²) in [5, 5.41) is 3.02. The maximum absolute atomic E-state index is 12.8. The highest BCUT2D eigenvalue weighted by molar-refractivity contribution is 5.67. The van der Waals surface area contributed by atoms with E-state index in [0.29, 0.717) is 24.4 Å². The summed E-state index contributed by atoms with van der Waals surface area (Å²) in [7, 11) is 0. The van der Waals surface area contributed by atoms with E-state index in [-0.39, 0.29) is 12.4 Å². The van der Waals surface area contributed by atoms with Gasteiger partial charge in [0.15, 0.2) is 11.5 Å². The molecule has 0 aliphatic heterocycles. The summed E-state index contributed by atoms with van der Waals surface area (Å²) in [5.41, 5.74) is 0.425. The van der Waals surface area contributed by atoms with Crippen LogP contribution in [-0.4, -0.2) is 40.2 Å². The van der Waals surface area contributed by atoms with Crippen molar-refractivity contribution < 1.29 is 13.2 Å². The molecule has 0 saturated heterocycles. The number of fused-ring (bicyclic) bond motifs is 1. The van der Waals surface area contributed by atoms with Crippen LogP contribution < -0.4 is 10.2 Å². The van der Waals surface area contributed by atoms with Crippen LogP contribution in [0.5, 0.6) is 0 Å². The molecule has 0 unspecified atom stereocenters. The smallest absolute Gasteiger partial charge is 0.369 e. The Kier molecular flexibility index (Phi) is 4.54. The quantitative estimate of drug-likeness (QED) is 0.891. The first-order valence-corrected chi connectivity index (χ1v) is 6.84. The molecule has 2 rings (SSSR count). The molecule has 5 nitrogen and oxygen atoms in total. The monoisotopic (exact) mass is 301 g/mol. The largest absolute Gasteiger partial charge is 0.405 e. The fourth-order valence-corrected chi connectivity index (χ4v) is 2.14. The number of hydrogen-bond donors (Lipinski definition) is 1. The average molecular weight is 301 g/mol. The summed E-state index contributed by atoms with van der Waals surface area (Å²) in [6.45, 7) is 3.61. The van der Waals surface area contributed by atoms with Crippen molar-refractivity contribution >= 4 is 17.3 Å². The van der Waals surface area contributed by atoms with Crippen LogP contribution in [0.15, 0.2) is 18.6 Å². The van der Waals surface area contributed by atoms with E-state index >= 15 is 0 Å². The second kappa shape index (κ2) is 6.19. The van der Waals surface area contributed by atoms with E-state index in [4.69, 9.17) is 0 Å². The van der Waals surface area contributed by atoms with Crippen molar-refractivity contribution in [1.29, 1.82) is 0 Å². The van der Waals surface area contributed by atoms with Crippen molar-refractivity contribution in [2.75, 3.05) is 29.9 Å². The zero-order chi connectivity index (χ0) is 15.5. The lowest BCUT2D eigenvalue weighted by molar-refractivity contribution is -0.119. The first kappa shape index (κ1) is 15.4. The van der Waals surface area contributed by atoms with Gasteiger partial charge in [-0.15, -0.1) is 0 Å². The number of alkyl halides is 3. The zero-order valence-electron chi connectivity index (χ0n) is 12.0. The van der Waals surface area contributed by atoms with Crippen LogP contribution in [0.4, 0.5) is 24.8 Å². The highest BCUT2D eigenvalue weighted by Gasteiger charge is 2.32. The van der Waals surface area contributed by atoms with Crippen LogP contribution in [0, 0.1) is 0 Å². The molecule has 21 heavy (non-hydrogen) atoms. The molecular weight excluding hydrogens is 283 g/mol. The predicted molar refractivity (Wildman–Crippen MR) is 75.7 cm³/mol. The number of anilines is 2. The van der Waals surface area contributed by atoms with E-state index < -0.39 is 12.7 Å². The minimum atomic E-state index is -4.28. The Labute approximate surface area is 120 Å². The first-order valence-electron chi connectivity index (χ1n) is 6.84. The lowest BCUT2D eigenvalue weighted by Gasteiger charge is -2.25. The molecule has 8 heteroatoms. The van der Waals surface area contributed by atoms with Crippen molar-refractivity contribution in [3.63, 3.8) is 0 Å². The molecular formula is C13H18F3N5. The van der Waals surface area contributed by atoms with Crippen LogP contribution in [-0.2, 0) is 0 Å².